The number of carbonyl (C=O) groups is 1. The zero-order valence-electron chi connectivity index (χ0n) is 14.1. The molecule has 1 heterocycles. The Morgan fingerprint density at radius 2 is 2.12 bits per heavy atom. The van der Waals surface area contributed by atoms with E-state index in [9.17, 15) is 4.79 Å². The summed E-state index contributed by atoms with van der Waals surface area (Å²) in [4.78, 5) is 14.8. The molecule has 7 heteroatoms. The number of nitrogens with zero attached hydrogens (tertiary/aromatic N) is 1. The summed E-state index contributed by atoms with van der Waals surface area (Å²) in [5, 5.41) is 3.22. The number of halogens is 1. The van der Waals surface area contributed by atoms with E-state index in [1.165, 1.54) is 0 Å². The first kappa shape index (κ1) is 18.8. The van der Waals surface area contributed by atoms with Crippen molar-refractivity contribution in [2.24, 2.45) is 0 Å². The Balaban J connectivity index is 0.00000208. The highest BCUT2D eigenvalue weighted by molar-refractivity contribution is 5.85. The van der Waals surface area contributed by atoms with E-state index < -0.39 is 0 Å². The van der Waals surface area contributed by atoms with Crippen LogP contribution in [-0.4, -0.2) is 56.9 Å². The van der Waals surface area contributed by atoms with Crippen LogP contribution < -0.4 is 14.8 Å². The summed E-state index contributed by atoms with van der Waals surface area (Å²) < 4.78 is 16.4. The summed E-state index contributed by atoms with van der Waals surface area (Å²) in [5.41, 5.74) is 0.955. The lowest BCUT2D eigenvalue weighted by atomic mass is 10.1. The maximum absolute atomic E-state index is 12.8. The lowest BCUT2D eigenvalue weighted by Gasteiger charge is -2.30. The van der Waals surface area contributed by atoms with Gasteiger partial charge in [-0.15, -0.1) is 12.4 Å². The molecule has 0 radical (unpaired) electrons. The van der Waals surface area contributed by atoms with Gasteiger partial charge in [0.05, 0.1) is 20.8 Å². The van der Waals surface area contributed by atoms with Crippen LogP contribution in [0.4, 0.5) is 0 Å². The van der Waals surface area contributed by atoms with Crippen molar-refractivity contribution in [1.82, 2.24) is 10.2 Å². The number of carbonyl (C=O) groups excluding carboxylic acids is 1. The van der Waals surface area contributed by atoms with Crippen LogP contribution in [-0.2, 0) is 16.1 Å². The van der Waals surface area contributed by atoms with E-state index in [0.717, 1.165) is 36.4 Å². The van der Waals surface area contributed by atoms with Gasteiger partial charge >= 0.3 is 0 Å². The van der Waals surface area contributed by atoms with Crippen LogP contribution in [0.25, 0.3) is 0 Å². The highest BCUT2D eigenvalue weighted by Crippen LogP contribution is 2.32. The van der Waals surface area contributed by atoms with Gasteiger partial charge in [-0.25, -0.2) is 0 Å². The van der Waals surface area contributed by atoms with Gasteiger partial charge in [-0.1, -0.05) is 0 Å². The largest absolute Gasteiger partial charge is 0.497 e. The topological polar surface area (TPSA) is 60.0 Å². The molecule has 1 N–H and O–H groups in total. The minimum Gasteiger partial charge on any atom is -0.497 e. The summed E-state index contributed by atoms with van der Waals surface area (Å²) in [6.07, 6.45) is 1.72. The van der Waals surface area contributed by atoms with Crippen molar-refractivity contribution >= 4 is 18.3 Å². The molecule has 1 aliphatic heterocycles. The van der Waals surface area contributed by atoms with Crippen LogP contribution in [0.5, 0.6) is 11.5 Å². The molecule has 1 saturated carbocycles. The fourth-order valence-electron chi connectivity index (χ4n) is 2.87. The van der Waals surface area contributed by atoms with Gasteiger partial charge in [0.2, 0.25) is 0 Å². The van der Waals surface area contributed by atoms with E-state index in [0.29, 0.717) is 25.7 Å². The van der Waals surface area contributed by atoms with E-state index in [1.54, 1.807) is 14.2 Å². The molecule has 2 aliphatic rings. The van der Waals surface area contributed by atoms with E-state index in [-0.39, 0.29) is 24.4 Å². The molecular formula is C17H25ClN2O4. The first-order valence-electron chi connectivity index (χ1n) is 8.06. The second-order valence-corrected chi connectivity index (χ2v) is 5.94. The number of benzene rings is 1. The number of rotatable bonds is 6. The zero-order valence-corrected chi connectivity index (χ0v) is 14.9. The highest BCUT2D eigenvalue weighted by atomic mass is 35.5. The average Bonchev–Trinajstić information content (AvgIpc) is 3.44. The highest BCUT2D eigenvalue weighted by Gasteiger charge is 2.37. The Morgan fingerprint density at radius 3 is 2.71 bits per heavy atom. The first-order chi connectivity index (χ1) is 11.2. The molecule has 0 aromatic heterocycles. The molecule has 2 fully saturated rings. The molecule has 1 amide bonds. The summed E-state index contributed by atoms with van der Waals surface area (Å²) >= 11 is 0. The third-order valence-electron chi connectivity index (χ3n) is 4.30. The van der Waals surface area contributed by atoms with Gasteiger partial charge in [-0.2, -0.15) is 0 Å². The second-order valence-electron chi connectivity index (χ2n) is 5.94. The van der Waals surface area contributed by atoms with Crippen LogP contribution in [0, 0.1) is 0 Å². The van der Waals surface area contributed by atoms with Crippen LogP contribution in [0.15, 0.2) is 18.2 Å². The smallest absolute Gasteiger partial charge is 0.253 e. The summed E-state index contributed by atoms with van der Waals surface area (Å²) in [6, 6.07) is 5.98. The maximum Gasteiger partial charge on any atom is 0.253 e. The Labute approximate surface area is 148 Å². The van der Waals surface area contributed by atoms with Crippen molar-refractivity contribution in [3.05, 3.63) is 23.8 Å². The molecular weight excluding hydrogens is 332 g/mol. The molecule has 0 bridgehead atoms. The molecule has 1 aromatic carbocycles. The Hall–Kier alpha value is -1.50. The number of hydrogen-bond donors (Lipinski definition) is 1. The van der Waals surface area contributed by atoms with Crippen LogP contribution >= 0.6 is 12.4 Å². The molecule has 3 rings (SSSR count). The summed E-state index contributed by atoms with van der Waals surface area (Å²) in [6.45, 7) is 2.48. The maximum atomic E-state index is 12.8. The zero-order chi connectivity index (χ0) is 16.2. The summed E-state index contributed by atoms with van der Waals surface area (Å²) in [5.74, 6) is 1.59. The molecule has 6 nitrogen and oxygen atoms in total. The SMILES string of the molecule is COc1ccc(OC)c(CN(C(=O)C2CNCCO2)C2CC2)c1.Cl. The monoisotopic (exact) mass is 356 g/mol. The minimum atomic E-state index is -0.388. The van der Waals surface area contributed by atoms with E-state index in [2.05, 4.69) is 5.32 Å². The number of hydrogen-bond acceptors (Lipinski definition) is 5. The van der Waals surface area contributed by atoms with Crippen LogP contribution in [0.2, 0.25) is 0 Å². The molecule has 1 unspecified atom stereocenters. The quantitative estimate of drug-likeness (QED) is 0.839. The molecule has 134 valence electrons. The van der Waals surface area contributed by atoms with Gasteiger partial charge in [0.25, 0.3) is 5.91 Å². The van der Waals surface area contributed by atoms with Gasteiger partial charge in [0, 0.05) is 31.2 Å². The minimum absolute atomic E-state index is 0. The third-order valence-corrected chi connectivity index (χ3v) is 4.30. The number of amides is 1. The van der Waals surface area contributed by atoms with Crippen molar-refractivity contribution < 1.29 is 19.0 Å². The Bertz CT molecular complexity index is 560. The third kappa shape index (κ3) is 4.32. The fraction of sp³-hybridized carbons (Fsp3) is 0.588. The molecule has 1 saturated heterocycles. The standard InChI is InChI=1S/C17H24N2O4.ClH/c1-21-14-5-6-15(22-2)12(9-14)11-19(13-3-4-13)17(20)16-10-18-7-8-23-16;/h5-6,9,13,16,18H,3-4,7-8,10-11H2,1-2H3;1H. The van der Waals surface area contributed by atoms with E-state index in [4.69, 9.17) is 14.2 Å². The van der Waals surface area contributed by atoms with E-state index in [1.807, 2.05) is 23.1 Å². The predicted molar refractivity (Wildman–Crippen MR) is 93.0 cm³/mol. The number of nitrogens with one attached hydrogen (secondary N) is 1. The number of methoxy groups -OCH3 is 2. The van der Waals surface area contributed by atoms with Gasteiger partial charge in [-0.05, 0) is 31.0 Å². The van der Waals surface area contributed by atoms with Crippen LogP contribution in [0.3, 0.4) is 0 Å². The van der Waals surface area contributed by atoms with Crippen molar-refractivity contribution in [2.75, 3.05) is 33.9 Å². The van der Waals surface area contributed by atoms with Gasteiger partial charge in [-0.3, -0.25) is 4.79 Å². The average molecular weight is 357 g/mol. The molecule has 24 heavy (non-hydrogen) atoms. The van der Waals surface area contributed by atoms with Gasteiger partial charge in [0.1, 0.15) is 17.6 Å². The van der Waals surface area contributed by atoms with Gasteiger partial charge < -0.3 is 24.4 Å². The van der Waals surface area contributed by atoms with Crippen molar-refractivity contribution in [1.29, 1.82) is 0 Å². The fourth-order valence-corrected chi connectivity index (χ4v) is 2.87. The van der Waals surface area contributed by atoms with Crippen LogP contribution in [0.1, 0.15) is 18.4 Å². The van der Waals surface area contributed by atoms with Crippen molar-refractivity contribution in [3.63, 3.8) is 0 Å². The number of morpholine rings is 1. The lowest BCUT2D eigenvalue weighted by Crippen LogP contribution is -2.49. The lowest BCUT2D eigenvalue weighted by molar-refractivity contribution is -0.146. The van der Waals surface area contributed by atoms with Crippen molar-refractivity contribution in [2.45, 2.75) is 31.5 Å². The van der Waals surface area contributed by atoms with Crippen molar-refractivity contribution in [3.8, 4) is 11.5 Å². The van der Waals surface area contributed by atoms with E-state index >= 15 is 0 Å². The molecule has 1 atom stereocenters. The summed E-state index contributed by atoms with van der Waals surface area (Å²) in [7, 11) is 3.28. The normalized spacial score (nSPS) is 20.0. The predicted octanol–water partition coefficient (Wildman–Crippen LogP) is 1.60. The Kier molecular flexibility index (Phi) is 6.71. The van der Waals surface area contributed by atoms with Gasteiger partial charge in [0.15, 0.2) is 0 Å². The second kappa shape index (κ2) is 8.55. The molecule has 0 spiro atoms. The first-order valence-corrected chi connectivity index (χ1v) is 8.06. The molecule has 1 aliphatic carbocycles. The number of ether oxygens (including phenoxy) is 3. The Morgan fingerprint density at radius 1 is 1.33 bits per heavy atom. The molecule has 1 aromatic rings.